The van der Waals surface area contributed by atoms with Crippen molar-refractivity contribution < 1.29 is 8.42 Å². The zero-order valence-corrected chi connectivity index (χ0v) is 14.1. The predicted octanol–water partition coefficient (Wildman–Crippen LogP) is 2.99. The minimum atomic E-state index is -3.57. The highest BCUT2D eigenvalue weighted by Gasteiger charge is 2.31. The first kappa shape index (κ1) is 16.3. The van der Waals surface area contributed by atoms with Gasteiger partial charge in [-0.15, -0.1) is 0 Å². The fourth-order valence-electron chi connectivity index (χ4n) is 3.26. The quantitative estimate of drug-likeness (QED) is 0.843. The van der Waals surface area contributed by atoms with E-state index in [-0.39, 0.29) is 10.9 Å². The Labute approximate surface area is 128 Å². The van der Waals surface area contributed by atoms with Gasteiger partial charge >= 0.3 is 0 Å². The van der Waals surface area contributed by atoms with Crippen molar-refractivity contribution in [3.63, 3.8) is 0 Å². The Bertz CT molecular complexity index is 625. The summed E-state index contributed by atoms with van der Waals surface area (Å²) in [6.45, 7) is 7.97. The SMILES string of the molecule is Cc1ccc(C)c(S(=O)(=O)NC2CCC(C)CC2C)c1N. The van der Waals surface area contributed by atoms with E-state index in [1.165, 1.54) is 0 Å². The lowest BCUT2D eigenvalue weighted by atomic mass is 9.80. The van der Waals surface area contributed by atoms with Crippen molar-refractivity contribution in [1.29, 1.82) is 0 Å². The van der Waals surface area contributed by atoms with Crippen LogP contribution in [0, 0.1) is 25.7 Å². The highest BCUT2D eigenvalue weighted by atomic mass is 32.2. The highest BCUT2D eigenvalue weighted by Crippen LogP contribution is 2.31. The van der Waals surface area contributed by atoms with Gasteiger partial charge in [0.25, 0.3) is 0 Å². The van der Waals surface area contributed by atoms with Crippen molar-refractivity contribution in [2.24, 2.45) is 11.8 Å². The maximum absolute atomic E-state index is 12.7. The van der Waals surface area contributed by atoms with Crippen LogP contribution in [0.5, 0.6) is 0 Å². The average molecular weight is 310 g/mol. The fourth-order valence-corrected chi connectivity index (χ4v) is 5.07. The zero-order chi connectivity index (χ0) is 15.8. The van der Waals surface area contributed by atoms with Crippen molar-refractivity contribution in [3.05, 3.63) is 23.3 Å². The smallest absolute Gasteiger partial charge is 0.243 e. The van der Waals surface area contributed by atoms with Gasteiger partial charge in [-0.2, -0.15) is 0 Å². The molecule has 2 rings (SSSR count). The normalized spacial score (nSPS) is 26.8. The number of nitrogens with one attached hydrogen (secondary N) is 1. The molecule has 5 heteroatoms. The number of nitrogen functional groups attached to an aromatic ring is 1. The summed E-state index contributed by atoms with van der Waals surface area (Å²) in [5.41, 5.74) is 7.87. The molecule has 0 aromatic heterocycles. The van der Waals surface area contributed by atoms with Crippen molar-refractivity contribution in [3.8, 4) is 0 Å². The number of rotatable bonds is 3. The van der Waals surface area contributed by atoms with Crippen molar-refractivity contribution in [2.45, 2.75) is 57.9 Å². The molecule has 0 radical (unpaired) electrons. The van der Waals surface area contributed by atoms with Crippen LogP contribution in [0.1, 0.15) is 44.2 Å². The van der Waals surface area contributed by atoms with Crippen molar-refractivity contribution >= 4 is 15.7 Å². The molecule has 1 fully saturated rings. The third-order valence-corrected chi connectivity index (χ3v) is 6.31. The van der Waals surface area contributed by atoms with Crippen molar-refractivity contribution in [1.82, 2.24) is 4.72 Å². The lowest BCUT2D eigenvalue weighted by molar-refractivity contribution is 0.249. The molecule has 3 atom stereocenters. The van der Waals surface area contributed by atoms with Crippen LogP contribution >= 0.6 is 0 Å². The zero-order valence-electron chi connectivity index (χ0n) is 13.3. The van der Waals surface area contributed by atoms with E-state index in [2.05, 4.69) is 18.6 Å². The monoisotopic (exact) mass is 310 g/mol. The van der Waals surface area contributed by atoms with E-state index in [4.69, 9.17) is 5.73 Å². The summed E-state index contributed by atoms with van der Waals surface area (Å²) in [6.07, 6.45) is 3.03. The van der Waals surface area contributed by atoms with Gasteiger partial charge in [-0.1, -0.05) is 26.0 Å². The molecular formula is C16H26N2O2S. The lowest BCUT2D eigenvalue weighted by Crippen LogP contribution is -2.42. The number of hydrogen-bond acceptors (Lipinski definition) is 3. The second-order valence-electron chi connectivity index (χ2n) is 6.57. The van der Waals surface area contributed by atoms with Crippen LogP contribution in [-0.2, 0) is 10.0 Å². The molecule has 21 heavy (non-hydrogen) atoms. The molecule has 1 saturated carbocycles. The number of sulfonamides is 1. The molecule has 0 amide bonds. The molecular weight excluding hydrogens is 284 g/mol. The Kier molecular flexibility index (Phi) is 4.63. The van der Waals surface area contributed by atoms with E-state index in [1.807, 2.05) is 19.1 Å². The molecule has 1 aromatic carbocycles. The molecule has 0 saturated heterocycles. The van der Waals surface area contributed by atoms with E-state index < -0.39 is 10.0 Å². The Hall–Kier alpha value is -1.07. The number of hydrogen-bond donors (Lipinski definition) is 2. The van der Waals surface area contributed by atoms with Gasteiger partial charge in [-0.3, -0.25) is 0 Å². The van der Waals surface area contributed by atoms with E-state index in [0.29, 0.717) is 23.1 Å². The topological polar surface area (TPSA) is 72.2 Å². The summed E-state index contributed by atoms with van der Waals surface area (Å²) < 4.78 is 28.3. The Morgan fingerprint density at radius 3 is 2.38 bits per heavy atom. The third-order valence-electron chi connectivity index (χ3n) is 4.62. The van der Waals surface area contributed by atoms with E-state index in [1.54, 1.807) is 6.92 Å². The third kappa shape index (κ3) is 3.40. The van der Waals surface area contributed by atoms with Crippen LogP contribution in [-0.4, -0.2) is 14.5 Å². The summed E-state index contributed by atoms with van der Waals surface area (Å²) in [6, 6.07) is 3.67. The average Bonchev–Trinajstić information content (AvgIpc) is 2.37. The van der Waals surface area contributed by atoms with E-state index in [9.17, 15) is 8.42 Å². The molecule has 1 aromatic rings. The van der Waals surface area contributed by atoms with Gasteiger partial charge in [-0.25, -0.2) is 13.1 Å². The molecule has 0 aliphatic heterocycles. The maximum Gasteiger partial charge on any atom is 0.243 e. The van der Waals surface area contributed by atoms with E-state index >= 15 is 0 Å². The van der Waals surface area contributed by atoms with Crippen LogP contribution in [0.25, 0.3) is 0 Å². The lowest BCUT2D eigenvalue weighted by Gasteiger charge is -2.33. The summed E-state index contributed by atoms with van der Waals surface area (Å²) >= 11 is 0. The molecule has 0 spiro atoms. The first-order valence-corrected chi connectivity index (χ1v) is 9.08. The first-order valence-electron chi connectivity index (χ1n) is 7.60. The summed E-state index contributed by atoms with van der Waals surface area (Å²) in [7, 11) is -3.57. The van der Waals surface area contributed by atoms with Gasteiger partial charge in [0, 0.05) is 6.04 Å². The second kappa shape index (κ2) is 5.97. The van der Waals surface area contributed by atoms with Gasteiger partial charge in [0.05, 0.1) is 5.69 Å². The van der Waals surface area contributed by atoms with Crippen LogP contribution < -0.4 is 10.5 Å². The first-order chi connectivity index (χ1) is 9.72. The Morgan fingerprint density at radius 1 is 1.14 bits per heavy atom. The standard InChI is InChI=1S/C16H26N2O2S/c1-10-5-8-14(13(4)9-10)18-21(19,20)16-12(3)7-6-11(2)15(16)17/h6-7,10,13-14,18H,5,8-9,17H2,1-4H3. The second-order valence-corrected chi connectivity index (χ2v) is 8.22. The van der Waals surface area contributed by atoms with Gasteiger partial charge < -0.3 is 5.73 Å². The largest absolute Gasteiger partial charge is 0.397 e. The molecule has 1 aliphatic rings. The Morgan fingerprint density at radius 2 is 1.76 bits per heavy atom. The molecule has 3 N–H and O–H groups in total. The maximum atomic E-state index is 12.7. The number of anilines is 1. The number of aryl methyl sites for hydroxylation is 2. The van der Waals surface area contributed by atoms with Crippen LogP contribution in [0.4, 0.5) is 5.69 Å². The number of benzene rings is 1. The summed E-state index contributed by atoms with van der Waals surface area (Å²) in [5.74, 6) is 1.03. The van der Waals surface area contributed by atoms with Crippen molar-refractivity contribution in [2.75, 3.05) is 5.73 Å². The fraction of sp³-hybridized carbons (Fsp3) is 0.625. The molecule has 4 nitrogen and oxygen atoms in total. The molecule has 0 heterocycles. The summed E-state index contributed by atoms with van der Waals surface area (Å²) in [5, 5.41) is 0. The molecule has 3 unspecified atom stereocenters. The molecule has 1 aliphatic carbocycles. The van der Waals surface area contributed by atoms with Crippen LogP contribution in [0.2, 0.25) is 0 Å². The minimum absolute atomic E-state index is 0.00510. The van der Waals surface area contributed by atoms with Crippen LogP contribution in [0.3, 0.4) is 0 Å². The number of nitrogens with two attached hydrogens (primary N) is 1. The Balaban J connectivity index is 2.29. The minimum Gasteiger partial charge on any atom is -0.397 e. The van der Waals surface area contributed by atoms with E-state index in [0.717, 1.165) is 24.8 Å². The highest BCUT2D eigenvalue weighted by molar-refractivity contribution is 7.89. The van der Waals surface area contributed by atoms with Gasteiger partial charge in [0.1, 0.15) is 4.90 Å². The van der Waals surface area contributed by atoms with Gasteiger partial charge in [0.15, 0.2) is 0 Å². The summed E-state index contributed by atoms with van der Waals surface area (Å²) in [4.78, 5) is 0.244. The molecule has 0 bridgehead atoms. The van der Waals surface area contributed by atoms with Crippen LogP contribution in [0.15, 0.2) is 17.0 Å². The molecule has 118 valence electrons. The predicted molar refractivity (Wildman–Crippen MR) is 86.6 cm³/mol. The van der Waals surface area contributed by atoms with Gasteiger partial charge in [0.2, 0.25) is 10.0 Å². The van der Waals surface area contributed by atoms with Gasteiger partial charge in [-0.05, 0) is 56.1 Å².